The van der Waals surface area contributed by atoms with Gasteiger partial charge in [0, 0.05) is 22.8 Å². The third-order valence-corrected chi connectivity index (χ3v) is 5.89. The van der Waals surface area contributed by atoms with E-state index in [1.54, 1.807) is 0 Å². The number of carbonyl (C=O) groups is 2. The summed E-state index contributed by atoms with van der Waals surface area (Å²) in [7, 11) is 2.70. The second-order valence-corrected chi connectivity index (χ2v) is 7.81. The predicted octanol–water partition coefficient (Wildman–Crippen LogP) is 4.01. The van der Waals surface area contributed by atoms with Gasteiger partial charge in [-0.25, -0.2) is 18.0 Å². The molecule has 11 heteroatoms. The minimum atomic E-state index is -1.30. The number of carbonyl (C=O) groups excluding carboxylic acids is 1. The van der Waals surface area contributed by atoms with Crippen molar-refractivity contribution in [2.45, 2.75) is 24.9 Å². The molecule has 1 N–H and O–H groups in total. The van der Waals surface area contributed by atoms with Crippen LogP contribution in [-0.2, 0) is 4.79 Å². The van der Waals surface area contributed by atoms with E-state index in [0.717, 1.165) is 17.0 Å². The third-order valence-electron chi connectivity index (χ3n) is 5.89. The van der Waals surface area contributed by atoms with E-state index < -0.39 is 41.4 Å². The topological polar surface area (TPSA) is 102 Å². The van der Waals surface area contributed by atoms with Crippen LogP contribution in [0.15, 0.2) is 42.5 Å². The van der Waals surface area contributed by atoms with Crippen LogP contribution < -0.4 is 9.47 Å². The Bertz CT molecular complexity index is 1300. The van der Waals surface area contributed by atoms with Crippen LogP contribution in [0.2, 0.25) is 0 Å². The Kier molecular flexibility index (Phi) is 6.59. The molecule has 1 aliphatic rings. The van der Waals surface area contributed by atoms with Crippen LogP contribution >= 0.6 is 0 Å². The highest BCUT2D eigenvalue weighted by Crippen LogP contribution is 2.39. The smallest absolute Gasteiger partial charge is 0.326 e. The average molecular weight is 487 g/mol. The molecule has 3 aromatic rings. The molecule has 0 unspecified atom stereocenters. The Morgan fingerprint density at radius 3 is 2.40 bits per heavy atom. The van der Waals surface area contributed by atoms with Gasteiger partial charge in [0.15, 0.2) is 11.6 Å². The van der Waals surface area contributed by atoms with E-state index in [9.17, 15) is 23.5 Å². The molecule has 0 saturated carbocycles. The molecule has 182 valence electrons. The summed E-state index contributed by atoms with van der Waals surface area (Å²) in [5, 5.41) is 17.2. The fourth-order valence-electron chi connectivity index (χ4n) is 4.24. The molecule has 1 amide bonds. The number of carboxylic acid groups (broad SMARTS) is 1. The average Bonchev–Trinajstić information content (AvgIpc) is 3.30. The number of rotatable bonds is 6. The molecule has 0 bridgehead atoms. The molecular weight excluding hydrogens is 467 g/mol. The third kappa shape index (κ3) is 4.36. The summed E-state index contributed by atoms with van der Waals surface area (Å²) in [5.74, 6) is -5.07. The molecule has 1 aromatic heterocycles. The number of ether oxygens (including phenoxy) is 2. The van der Waals surface area contributed by atoms with Gasteiger partial charge < -0.3 is 19.5 Å². The minimum absolute atomic E-state index is 0.0240. The van der Waals surface area contributed by atoms with Gasteiger partial charge in [-0.1, -0.05) is 18.2 Å². The molecular formula is C24H20F3N3O5. The fraction of sp³-hybridized carbons (Fsp3) is 0.250. The summed E-state index contributed by atoms with van der Waals surface area (Å²) in [4.78, 5) is 26.2. The number of methoxy groups -OCH3 is 2. The number of likely N-dealkylation sites (tertiary alicyclic amines) is 1. The van der Waals surface area contributed by atoms with Crippen molar-refractivity contribution in [3.8, 4) is 22.9 Å². The molecule has 2 heterocycles. The lowest BCUT2D eigenvalue weighted by Crippen LogP contribution is -2.42. The van der Waals surface area contributed by atoms with E-state index in [2.05, 4.69) is 10.2 Å². The summed E-state index contributed by atoms with van der Waals surface area (Å²) in [5.41, 5.74) is -0.0382. The lowest BCUT2D eigenvalue weighted by atomic mass is 10.0. The molecule has 1 aliphatic heterocycles. The van der Waals surface area contributed by atoms with Crippen LogP contribution in [0.25, 0.3) is 11.1 Å². The van der Waals surface area contributed by atoms with Crippen LogP contribution in [-0.4, -0.2) is 52.3 Å². The van der Waals surface area contributed by atoms with Crippen molar-refractivity contribution in [1.29, 1.82) is 0 Å². The number of nitrogens with zero attached hydrogens (tertiary/aromatic N) is 3. The highest BCUT2D eigenvalue weighted by Gasteiger charge is 2.43. The van der Waals surface area contributed by atoms with Crippen molar-refractivity contribution >= 4 is 11.9 Å². The van der Waals surface area contributed by atoms with E-state index >= 15 is 4.39 Å². The first-order chi connectivity index (χ1) is 16.8. The number of carboxylic acids is 1. The van der Waals surface area contributed by atoms with Gasteiger partial charge in [-0.3, -0.25) is 4.79 Å². The van der Waals surface area contributed by atoms with Crippen molar-refractivity contribution in [2.24, 2.45) is 0 Å². The fourth-order valence-corrected chi connectivity index (χ4v) is 4.24. The first-order valence-electron chi connectivity index (χ1n) is 10.5. The second-order valence-electron chi connectivity index (χ2n) is 7.81. The zero-order valence-corrected chi connectivity index (χ0v) is 18.7. The van der Waals surface area contributed by atoms with Gasteiger partial charge in [0.05, 0.1) is 25.8 Å². The first-order valence-corrected chi connectivity index (χ1v) is 10.5. The normalized spacial score (nSPS) is 17.3. The molecule has 2 aromatic carbocycles. The predicted molar refractivity (Wildman–Crippen MR) is 116 cm³/mol. The van der Waals surface area contributed by atoms with Crippen LogP contribution in [0.3, 0.4) is 0 Å². The first kappa shape index (κ1) is 24.0. The van der Waals surface area contributed by atoms with Crippen molar-refractivity contribution < 1.29 is 37.3 Å². The maximum Gasteiger partial charge on any atom is 0.326 e. The number of hydrogen-bond acceptors (Lipinski definition) is 6. The van der Waals surface area contributed by atoms with Gasteiger partial charge >= 0.3 is 5.97 Å². The van der Waals surface area contributed by atoms with Gasteiger partial charge in [-0.2, -0.15) is 0 Å². The molecule has 0 radical (unpaired) electrons. The van der Waals surface area contributed by atoms with Gasteiger partial charge in [0.2, 0.25) is 11.8 Å². The van der Waals surface area contributed by atoms with E-state index in [1.807, 2.05) is 0 Å². The standard InChI is InChI=1S/C24H20F3N3O5/c1-34-20-11-15(22(35-2)29-28-20)13-7-6-12(10-17(13)26)23(31)30-18(8-9-19(30)24(32)33)14-4-3-5-16(25)21(14)27/h3-7,10-11,18-19H,8-9H2,1-2H3,(H,32,33)/t18-,19+/m1/s1. The van der Waals surface area contributed by atoms with Crippen molar-refractivity contribution in [3.63, 3.8) is 0 Å². The van der Waals surface area contributed by atoms with Gasteiger partial charge in [0.25, 0.3) is 5.91 Å². The summed E-state index contributed by atoms with van der Waals surface area (Å²) in [6.07, 6.45) is 0.130. The molecule has 4 rings (SSSR count). The van der Waals surface area contributed by atoms with Crippen LogP contribution in [0.4, 0.5) is 13.2 Å². The molecule has 1 saturated heterocycles. The maximum absolute atomic E-state index is 15.2. The highest BCUT2D eigenvalue weighted by atomic mass is 19.2. The maximum atomic E-state index is 15.2. The molecule has 2 atom stereocenters. The van der Waals surface area contributed by atoms with Gasteiger partial charge in [-0.15, -0.1) is 10.2 Å². The number of aliphatic carboxylic acids is 1. The Hall–Kier alpha value is -4.15. The molecule has 0 aliphatic carbocycles. The van der Waals surface area contributed by atoms with E-state index in [1.165, 1.54) is 44.6 Å². The van der Waals surface area contributed by atoms with E-state index in [-0.39, 0.29) is 46.9 Å². The number of aromatic nitrogens is 2. The van der Waals surface area contributed by atoms with E-state index in [4.69, 9.17) is 9.47 Å². The molecule has 0 spiro atoms. The molecule has 8 nitrogen and oxygen atoms in total. The summed E-state index contributed by atoms with van der Waals surface area (Å²) < 4.78 is 53.7. The van der Waals surface area contributed by atoms with Crippen LogP contribution in [0, 0.1) is 17.5 Å². The van der Waals surface area contributed by atoms with Crippen molar-refractivity contribution in [2.75, 3.05) is 14.2 Å². The number of hydrogen-bond donors (Lipinski definition) is 1. The zero-order valence-electron chi connectivity index (χ0n) is 18.7. The lowest BCUT2D eigenvalue weighted by molar-refractivity contribution is -0.141. The minimum Gasteiger partial charge on any atom is -0.480 e. The van der Waals surface area contributed by atoms with Gasteiger partial charge in [-0.05, 0) is 31.0 Å². The summed E-state index contributed by atoms with van der Waals surface area (Å²) in [6, 6.07) is 6.17. The van der Waals surface area contributed by atoms with Gasteiger partial charge in [0.1, 0.15) is 11.9 Å². The SMILES string of the molecule is COc1cc(-c2ccc(C(=O)N3[C@@H](c4cccc(F)c4F)CC[C@H]3C(=O)O)cc2F)c(OC)nn1. The molecule has 35 heavy (non-hydrogen) atoms. The Morgan fingerprint density at radius 2 is 1.74 bits per heavy atom. The summed E-state index contributed by atoms with van der Waals surface area (Å²) >= 11 is 0. The lowest BCUT2D eigenvalue weighted by Gasteiger charge is -2.29. The monoisotopic (exact) mass is 487 g/mol. The number of halogens is 3. The zero-order chi connectivity index (χ0) is 25.3. The van der Waals surface area contributed by atoms with Crippen LogP contribution in [0.1, 0.15) is 34.8 Å². The number of amides is 1. The summed E-state index contributed by atoms with van der Waals surface area (Å²) in [6.45, 7) is 0. The Labute approximate surface area is 197 Å². The van der Waals surface area contributed by atoms with Crippen molar-refractivity contribution in [1.82, 2.24) is 15.1 Å². The largest absolute Gasteiger partial charge is 0.480 e. The quantitative estimate of drug-likeness (QED) is 0.561. The van der Waals surface area contributed by atoms with Crippen LogP contribution in [0.5, 0.6) is 11.8 Å². The molecule has 1 fully saturated rings. The Balaban J connectivity index is 1.74. The van der Waals surface area contributed by atoms with E-state index in [0.29, 0.717) is 0 Å². The second kappa shape index (κ2) is 9.61. The highest BCUT2D eigenvalue weighted by molar-refractivity contribution is 5.98. The number of benzene rings is 2. The van der Waals surface area contributed by atoms with Crippen molar-refractivity contribution in [3.05, 3.63) is 71.0 Å². The Morgan fingerprint density at radius 1 is 0.971 bits per heavy atom.